The van der Waals surface area contributed by atoms with E-state index in [4.69, 9.17) is 15.2 Å². The fraction of sp³-hybridized carbons (Fsp3) is 0.929. The van der Waals surface area contributed by atoms with E-state index in [2.05, 4.69) is 0 Å². The smallest absolute Gasteiger partial charge is 0.410 e. The highest BCUT2D eigenvalue weighted by Crippen LogP contribution is 2.26. The summed E-state index contributed by atoms with van der Waals surface area (Å²) in [6.07, 6.45) is 2.33. The van der Waals surface area contributed by atoms with E-state index >= 15 is 0 Å². The van der Waals surface area contributed by atoms with Crippen molar-refractivity contribution in [1.82, 2.24) is 4.90 Å². The zero-order valence-electron chi connectivity index (χ0n) is 12.7. The van der Waals surface area contributed by atoms with E-state index in [1.807, 2.05) is 27.7 Å². The topological polar surface area (TPSA) is 64.8 Å². The highest BCUT2D eigenvalue weighted by Gasteiger charge is 2.34. The van der Waals surface area contributed by atoms with Crippen molar-refractivity contribution in [3.8, 4) is 0 Å². The van der Waals surface area contributed by atoms with Gasteiger partial charge in [-0.2, -0.15) is 0 Å². The number of carbonyl (C=O) groups excluding carboxylic acids is 1. The predicted molar refractivity (Wildman–Crippen MR) is 75.1 cm³/mol. The van der Waals surface area contributed by atoms with Crippen molar-refractivity contribution < 1.29 is 14.3 Å². The second kappa shape index (κ2) is 6.57. The van der Waals surface area contributed by atoms with E-state index in [-0.39, 0.29) is 11.7 Å². The average molecular weight is 272 g/mol. The van der Waals surface area contributed by atoms with Gasteiger partial charge in [0, 0.05) is 26.2 Å². The number of rotatable bonds is 3. The molecule has 1 saturated heterocycles. The van der Waals surface area contributed by atoms with Crippen molar-refractivity contribution in [2.24, 2.45) is 5.73 Å². The molecule has 1 amide bonds. The molecule has 1 atom stereocenters. The Labute approximate surface area is 116 Å². The number of hydrogen-bond acceptors (Lipinski definition) is 4. The zero-order chi connectivity index (χ0) is 14.5. The summed E-state index contributed by atoms with van der Waals surface area (Å²) in [5.41, 5.74) is 5.13. The van der Waals surface area contributed by atoms with Gasteiger partial charge in [0.1, 0.15) is 5.60 Å². The van der Waals surface area contributed by atoms with Gasteiger partial charge in [0.15, 0.2) is 0 Å². The Kier molecular flexibility index (Phi) is 5.62. The van der Waals surface area contributed by atoms with Gasteiger partial charge in [0.25, 0.3) is 0 Å². The van der Waals surface area contributed by atoms with Crippen LogP contribution in [-0.4, -0.2) is 48.4 Å². The third-order valence-electron chi connectivity index (χ3n) is 3.37. The average Bonchev–Trinajstić information content (AvgIpc) is 2.51. The van der Waals surface area contributed by atoms with Gasteiger partial charge in [0.2, 0.25) is 0 Å². The summed E-state index contributed by atoms with van der Waals surface area (Å²) in [5.74, 6) is 0. The lowest BCUT2D eigenvalue weighted by atomic mass is 9.95. The van der Waals surface area contributed by atoms with Crippen LogP contribution in [-0.2, 0) is 9.47 Å². The molecule has 5 nitrogen and oxygen atoms in total. The largest absolute Gasteiger partial charge is 0.444 e. The molecule has 0 aromatic rings. The second-order valence-electron chi connectivity index (χ2n) is 6.14. The van der Waals surface area contributed by atoms with Crippen LogP contribution in [0.2, 0.25) is 0 Å². The Morgan fingerprint density at radius 1 is 1.32 bits per heavy atom. The summed E-state index contributed by atoms with van der Waals surface area (Å²) in [7, 11) is 0. The first-order valence-corrected chi connectivity index (χ1v) is 7.14. The predicted octanol–water partition coefficient (Wildman–Crippen LogP) is 2.14. The molecule has 0 saturated carbocycles. The van der Waals surface area contributed by atoms with Crippen molar-refractivity contribution >= 4 is 6.09 Å². The molecule has 0 aliphatic carbocycles. The number of nitrogens with zero attached hydrogens (tertiary/aromatic N) is 1. The maximum absolute atomic E-state index is 12.1. The molecule has 0 aromatic carbocycles. The SMILES string of the molecule is CCOC1(CN)CCCN(C(=O)OC(C)(C)C)CC1. The van der Waals surface area contributed by atoms with E-state index in [9.17, 15) is 4.79 Å². The maximum Gasteiger partial charge on any atom is 0.410 e. The molecule has 112 valence electrons. The first kappa shape index (κ1) is 16.2. The van der Waals surface area contributed by atoms with Crippen molar-refractivity contribution in [2.45, 2.75) is 58.2 Å². The Balaban J connectivity index is 2.60. The van der Waals surface area contributed by atoms with Crippen LogP contribution in [0.5, 0.6) is 0 Å². The van der Waals surface area contributed by atoms with Crippen LogP contribution in [0.4, 0.5) is 4.79 Å². The first-order chi connectivity index (χ1) is 8.82. The molecule has 1 unspecified atom stereocenters. The summed E-state index contributed by atoms with van der Waals surface area (Å²) >= 11 is 0. The Morgan fingerprint density at radius 3 is 2.53 bits per heavy atom. The second-order valence-corrected chi connectivity index (χ2v) is 6.14. The van der Waals surface area contributed by atoms with Crippen LogP contribution in [0.25, 0.3) is 0 Å². The minimum absolute atomic E-state index is 0.239. The number of ether oxygens (including phenoxy) is 2. The van der Waals surface area contributed by atoms with Crippen LogP contribution >= 0.6 is 0 Å². The third kappa shape index (κ3) is 4.99. The highest BCUT2D eigenvalue weighted by atomic mass is 16.6. The lowest BCUT2D eigenvalue weighted by Gasteiger charge is -2.31. The standard InChI is InChI=1S/C14H28N2O3/c1-5-18-14(11-15)7-6-9-16(10-8-14)12(17)19-13(2,3)4/h5-11,15H2,1-4H3. The van der Waals surface area contributed by atoms with Crippen LogP contribution < -0.4 is 5.73 Å². The van der Waals surface area contributed by atoms with Gasteiger partial charge in [-0.15, -0.1) is 0 Å². The highest BCUT2D eigenvalue weighted by molar-refractivity contribution is 5.68. The normalized spacial score (nSPS) is 25.0. The lowest BCUT2D eigenvalue weighted by molar-refractivity contribution is -0.0426. The molecule has 1 heterocycles. The van der Waals surface area contributed by atoms with Gasteiger partial charge < -0.3 is 20.1 Å². The first-order valence-electron chi connectivity index (χ1n) is 7.14. The summed E-state index contributed by atoms with van der Waals surface area (Å²) in [4.78, 5) is 13.8. The zero-order valence-corrected chi connectivity index (χ0v) is 12.7. The molecule has 5 heteroatoms. The molecular weight excluding hydrogens is 244 g/mol. The van der Waals surface area contributed by atoms with E-state index < -0.39 is 5.60 Å². The van der Waals surface area contributed by atoms with E-state index in [1.165, 1.54) is 0 Å². The molecule has 2 N–H and O–H groups in total. The summed E-state index contributed by atoms with van der Waals surface area (Å²) in [6.45, 7) is 10.1. The van der Waals surface area contributed by atoms with Gasteiger partial charge >= 0.3 is 6.09 Å². The van der Waals surface area contributed by atoms with Crippen molar-refractivity contribution in [1.29, 1.82) is 0 Å². The molecule has 1 aliphatic rings. The Morgan fingerprint density at radius 2 is 2.00 bits per heavy atom. The molecule has 1 fully saturated rings. The fourth-order valence-electron chi connectivity index (χ4n) is 2.39. The number of carbonyl (C=O) groups is 1. The number of hydrogen-bond donors (Lipinski definition) is 1. The maximum atomic E-state index is 12.1. The van der Waals surface area contributed by atoms with Crippen LogP contribution in [0, 0.1) is 0 Å². The molecule has 1 rings (SSSR count). The molecular formula is C14H28N2O3. The van der Waals surface area contributed by atoms with Gasteiger partial charge in [0.05, 0.1) is 5.60 Å². The van der Waals surface area contributed by atoms with Crippen molar-refractivity contribution in [3.05, 3.63) is 0 Å². The number of amides is 1. The van der Waals surface area contributed by atoms with Gasteiger partial charge in [-0.25, -0.2) is 4.79 Å². The molecule has 19 heavy (non-hydrogen) atoms. The van der Waals surface area contributed by atoms with Crippen molar-refractivity contribution in [3.63, 3.8) is 0 Å². The van der Waals surface area contributed by atoms with Gasteiger partial charge in [-0.3, -0.25) is 0 Å². The summed E-state index contributed by atoms with van der Waals surface area (Å²) in [6, 6.07) is 0. The van der Waals surface area contributed by atoms with Gasteiger partial charge in [-0.1, -0.05) is 0 Å². The fourth-order valence-corrected chi connectivity index (χ4v) is 2.39. The summed E-state index contributed by atoms with van der Waals surface area (Å²) < 4.78 is 11.2. The molecule has 0 radical (unpaired) electrons. The van der Waals surface area contributed by atoms with E-state index in [0.717, 1.165) is 19.3 Å². The van der Waals surface area contributed by atoms with Crippen LogP contribution in [0.15, 0.2) is 0 Å². The minimum Gasteiger partial charge on any atom is -0.444 e. The molecule has 0 aromatic heterocycles. The third-order valence-corrected chi connectivity index (χ3v) is 3.37. The molecule has 1 aliphatic heterocycles. The Hall–Kier alpha value is -0.810. The van der Waals surface area contributed by atoms with E-state index in [1.54, 1.807) is 4.90 Å². The molecule has 0 spiro atoms. The summed E-state index contributed by atoms with van der Waals surface area (Å²) in [5, 5.41) is 0. The monoisotopic (exact) mass is 272 g/mol. The van der Waals surface area contributed by atoms with Crippen molar-refractivity contribution in [2.75, 3.05) is 26.2 Å². The van der Waals surface area contributed by atoms with E-state index in [0.29, 0.717) is 26.2 Å². The minimum atomic E-state index is -0.450. The Bertz CT molecular complexity index is 302. The lowest BCUT2D eigenvalue weighted by Crippen LogP contribution is -2.42. The van der Waals surface area contributed by atoms with Crippen LogP contribution in [0.1, 0.15) is 47.0 Å². The quantitative estimate of drug-likeness (QED) is 0.855. The van der Waals surface area contributed by atoms with Crippen LogP contribution in [0.3, 0.4) is 0 Å². The van der Waals surface area contributed by atoms with Gasteiger partial charge in [-0.05, 0) is 47.0 Å². The number of nitrogens with two attached hydrogens (primary N) is 1. The number of likely N-dealkylation sites (tertiary alicyclic amines) is 1. The molecule has 0 bridgehead atoms.